The largest absolute Gasteiger partial charge is 0.507 e. The van der Waals surface area contributed by atoms with Gasteiger partial charge in [0.25, 0.3) is 11.8 Å². The summed E-state index contributed by atoms with van der Waals surface area (Å²) < 4.78 is 0. The molecular weight excluding hydrogens is 392 g/mol. The Labute approximate surface area is 175 Å². The molecule has 2 N–H and O–H groups in total. The van der Waals surface area contributed by atoms with Crippen molar-refractivity contribution >= 4 is 29.1 Å². The number of phenolic OH excluding ortho intramolecular Hbond substituents is 2. The number of anilines is 1. The number of halogens is 1. The lowest BCUT2D eigenvalue weighted by Gasteiger charge is -2.27. The van der Waals surface area contributed by atoms with Crippen LogP contribution in [0, 0.1) is 5.92 Å². The first-order chi connectivity index (χ1) is 13.8. The number of phenols is 2. The van der Waals surface area contributed by atoms with Gasteiger partial charge in [-0.15, -0.1) is 0 Å². The van der Waals surface area contributed by atoms with Crippen molar-refractivity contribution in [1.82, 2.24) is 4.90 Å². The topological polar surface area (TPSA) is 81.1 Å². The van der Waals surface area contributed by atoms with E-state index < -0.39 is 5.91 Å². The van der Waals surface area contributed by atoms with E-state index in [1.165, 1.54) is 11.0 Å². The highest BCUT2D eigenvalue weighted by atomic mass is 35.5. The molecule has 1 fully saturated rings. The van der Waals surface area contributed by atoms with Crippen LogP contribution in [0.5, 0.6) is 11.5 Å². The van der Waals surface area contributed by atoms with Crippen LogP contribution in [0.2, 0.25) is 5.02 Å². The second kappa shape index (κ2) is 8.74. The fourth-order valence-corrected chi connectivity index (χ4v) is 3.83. The molecule has 0 aliphatic heterocycles. The Morgan fingerprint density at radius 2 is 1.62 bits per heavy atom. The molecule has 1 aliphatic rings. The summed E-state index contributed by atoms with van der Waals surface area (Å²) >= 11 is 5.96. The molecule has 0 unspecified atom stereocenters. The zero-order valence-corrected chi connectivity index (χ0v) is 17.3. The zero-order chi connectivity index (χ0) is 21.1. The summed E-state index contributed by atoms with van der Waals surface area (Å²) in [4.78, 5) is 28.5. The van der Waals surface area contributed by atoms with E-state index in [1.807, 2.05) is 0 Å². The van der Waals surface area contributed by atoms with Gasteiger partial charge in [0.05, 0.1) is 10.6 Å². The number of rotatable bonds is 5. The Bertz CT molecular complexity index is 906. The lowest BCUT2D eigenvalue weighted by molar-refractivity contribution is 0.0827. The van der Waals surface area contributed by atoms with Crippen LogP contribution in [0.3, 0.4) is 0 Å². The quantitative estimate of drug-likeness (QED) is 0.761. The van der Waals surface area contributed by atoms with E-state index in [0.29, 0.717) is 23.7 Å². The normalized spacial score (nSPS) is 14.0. The number of hydrogen-bond acceptors (Lipinski definition) is 4. The summed E-state index contributed by atoms with van der Waals surface area (Å²) in [6.07, 6.45) is 4.37. The Morgan fingerprint density at radius 3 is 2.21 bits per heavy atom. The van der Waals surface area contributed by atoms with Crippen LogP contribution in [0.25, 0.3) is 0 Å². The third-order valence-electron chi connectivity index (χ3n) is 5.29. The summed E-state index contributed by atoms with van der Waals surface area (Å²) in [5.74, 6) is -0.754. The number of amides is 2. The molecule has 154 valence electrons. The van der Waals surface area contributed by atoms with Gasteiger partial charge < -0.3 is 20.0 Å². The SMILES string of the molecule is CN(C)C(=O)c1ccc(N(CC2CCCC2)C(=O)c2cc(Cl)c(O)cc2O)cc1. The van der Waals surface area contributed by atoms with Crippen molar-refractivity contribution < 1.29 is 19.8 Å². The van der Waals surface area contributed by atoms with Crippen LogP contribution >= 0.6 is 11.6 Å². The second-order valence-corrected chi connectivity index (χ2v) is 8.04. The minimum atomic E-state index is -0.400. The van der Waals surface area contributed by atoms with Gasteiger partial charge in [-0.05, 0) is 49.1 Å². The number of benzene rings is 2. The molecule has 0 spiro atoms. The number of nitrogens with zero attached hydrogens (tertiary/aromatic N) is 2. The van der Waals surface area contributed by atoms with Crippen LogP contribution in [0.1, 0.15) is 46.4 Å². The average Bonchev–Trinajstić information content (AvgIpc) is 3.21. The molecule has 6 nitrogen and oxygen atoms in total. The number of aromatic hydroxyl groups is 2. The van der Waals surface area contributed by atoms with E-state index in [-0.39, 0.29) is 28.0 Å². The first-order valence-corrected chi connectivity index (χ1v) is 10.0. The van der Waals surface area contributed by atoms with Crippen molar-refractivity contribution in [3.8, 4) is 11.5 Å². The fourth-order valence-electron chi connectivity index (χ4n) is 3.67. The standard InChI is InChI=1S/C22H25ClN2O4/c1-24(2)21(28)15-7-9-16(10-8-15)25(13-14-5-3-4-6-14)22(29)17-11-18(23)20(27)12-19(17)26/h7-12,14,26-27H,3-6,13H2,1-2H3. The Morgan fingerprint density at radius 1 is 1.00 bits per heavy atom. The second-order valence-electron chi connectivity index (χ2n) is 7.63. The maximum absolute atomic E-state index is 13.3. The summed E-state index contributed by atoms with van der Waals surface area (Å²) in [6, 6.07) is 9.21. The van der Waals surface area contributed by atoms with Crippen molar-refractivity contribution in [2.45, 2.75) is 25.7 Å². The highest BCUT2D eigenvalue weighted by Gasteiger charge is 2.26. The summed E-state index contributed by atoms with van der Waals surface area (Å²) in [7, 11) is 3.37. The van der Waals surface area contributed by atoms with Crippen molar-refractivity contribution in [1.29, 1.82) is 0 Å². The van der Waals surface area contributed by atoms with Crippen molar-refractivity contribution in [2.24, 2.45) is 5.92 Å². The van der Waals surface area contributed by atoms with Gasteiger partial charge >= 0.3 is 0 Å². The third kappa shape index (κ3) is 4.65. The lowest BCUT2D eigenvalue weighted by Crippen LogP contribution is -2.35. The smallest absolute Gasteiger partial charge is 0.262 e. The molecule has 0 bridgehead atoms. The van der Waals surface area contributed by atoms with Crippen LogP contribution in [0.4, 0.5) is 5.69 Å². The van der Waals surface area contributed by atoms with E-state index in [9.17, 15) is 19.8 Å². The predicted molar refractivity (Wildman–Crippen MR) is 113 cm³/mol. The summed E-state index contributed by atoms with van der Waals surface area (Å²) in [6.45, 7) is 0.512. The van der Waals surface area contributed by atoms with Gasteiger partial charge in [-0.25, -0.2) is 0 Å². The minimum Gasteiger partial charge on any atom is -0.507 e. The maximum atomic E-state index is 13.3. The highest BCUT2D eigenvalue weighted by molar-refractivity contribution is 6.32. The molecule has 0 saturated heterocycles. The molecular formula is C22H25ClN2O4. The van der Waals surface area contributed by atoms with Crippen LogP contribution in [-0.2, 0) is 0 Å². The predicted octanol–water partition coefficient (Wildman–Crippen LogP) is 4.29. The van der Waals surface area contributed by atoms with Gasteiger partial charge in [0.2, 0.25) is 0 Å². The van der Waals surface area contributed by atoms with E-state index in [4.69, 9.17) is 11.6 Å². The van der Waals surface area contributed by atoms with Crippen molar-refractivity contribution in [3.63, 3.8) is 0 Å². The number of carbonyl (C=O) groups excluding carboxylic acids is 2. The Hall–Kier alpha value is -2.73. The monoisotopic (exact) mass is 416 g/mol. The van der Waals surface area contributed by atoms with Crippen LogP contribution in [-0.4, -0.2) is 47.6 Å². The molecule has 3 rings (SSSR count). The van der Waals surface area contributed by atoms with E-state index in [0.717, 1.165) is 31.7 Å². The van der Waals surface area contributed by atoms with Gasteiger partial charge in [-0.2, -0.15) is 0 Å². The molecule has 1 saturated carbocycles. The molecule has 2 aromatic rings. The third-order valence-corrected chi connectivity index (χ3v) is 5.59. The minimum absolute atomic E-state index is 0.00102. The van der Waals surface area contributed by atoms with Crippen LogP contribution in [0.15, 0.2) is 36.4 Å². The van der Waals surface area contributed by atoms with Gasteiger partial charge in [-0.3, -0.25) is 9.59 Å². The molecule has 2 amide bonds. The number of hydrogen-bond donors (Lipinski definition) is 2. The first kappa shape index (κ1) is 21.0. The summed E-state index contributed by atoms with van der Waals surface area (Å²) in [5.41, 5.74) is 1.20. The number of carbonyl (C=O) groups is 2. The van der Waals surface area contributed by atoms with Gasteiger partial charge in [0.1, 0.15) is 11.5 Å². The molecule has 7 heteroatoms. The van der Waals surface area contributed by atoms with Crippen molar-refractivity contribution in [2.75, 3.05) is 25.5 Å². The van der Waals surface area contributed by atoms with E-state index in [2.05, 4.69) is 0 Å². The van der Waals surface area contributed by atoms with Crippen LogP contribution < -0.4 is 4.90 Å². The molecule has 0 radical (unpaired) electrons. The maximum Gasteiger partial charge on any atom is 0.262 e. The fraction of sp³-hybridized carbons (Fsp3) is 0.364. The van der Waals surface area contributed by atoms with Gasteiger partial charge in [-0.1, -0.05) is 24.4 Å². The van der Waals surface area contributed by atoms with Gasteiger partial charge in [0.15, 0.2) is 0 Å². The Kier molecular flexibility index (Phi) is 6.33. The zero-order valence-electron chi connectivity index (χ0n) is 16.6. The summed E-state index contributed by atoms with van der Waals surface area (Å²) in [5, 5.41) is 19.9. The lowest BCUT2D eigenvalue weighted by atomic mass is 10.0. The molecule has 2 aromatic carbocycles. The average molecular weight is 417 g/mol. The van der Waals surface area contributed by atoms with E-state index in [1.54, 1.807) is 43.3 Å². The molecule has 1 aliphatic carbocycles. The van der Waals surface area contributed by atoms with Gasteiger partial charge in [0, 0.05) is 38.0 Å². The highest BCUT2D eigenvalue weighted by Crippen LogP contribution is 2.34. The Balaban J connectivity index is 1.95. The molecule has 29 heavy (non-hydrogen) atoms. The molecule has 0 atom stereocenters. The first-order valence-electron chi connectivity index (χ1n) is 9.63. The molecule has 0 aromatic heterocycles. The molecule has 0 heterocycles. The van der Waals surface area contributed by atoms with E-state index >= 15 is 0 Å². The van der Waals surface area contributed by atoms with Crippen molar-refractivity contribution in [3.05, 3.63) is 52.5 Å².